The molecule has 0 aliphatic heterocycles. The van der Waals surface area contributed by atoms with Crippen LogP contribution in [0, 0.1) is 0 Å². The smallest absolute Gasteiger partial charge is 0.404 e. The Hall–Kier alpha value is -4.07. The van der Waals surface area contributed by atoms with E-state index in [2.05, 4.69) is 20.4 Å². The number of benzene rings is 2. The summed E-state index contributed by atoms with van der Waals surface area (Å²) in [5, 5.41) is 11.4. The quantitative estimate of drug-likeness (QED) is 0.485. The SMILES string of the molecule is NC(=O)OCc1cc(-c2ccc(NCc3cc(-c4ccccc4)on3)cc2)no1. The third-order valence-electron chi connectivity index (χ3n) is 4.19. The minimum absolute atomic E-state index is 0.0510. The van der Waals surface area contributed by atoms with Crippen molar-refractivity contribution in [1.82, 2.24) is 10.3 Å². The van der Waals surface area contributed by atoms with Crippen molar-refractivity contribution >= 4 is 11.8 Å². The number of carbonyl (C=O) groups is 1. The zero-order valence-electron chi connectivity index (χ0n) is 15.4. The first-order chi connectivity index (χ1) is 14.2. The lowest BCUT2D eigenvalue weighted by Gasteiger charge is -2.04. The predicted octanol–water partition coefficient (Wildman–Crippen LogP) is 4.20. The standard InChI is InChI=1S/C21H18N4O4/c22-21(26)27-13-18-11-19(25-28-18)14-6-8-16(9-7-14)23-12-17-10-20(29-24-17)15-4-2-1-3-5-15/h1-11,23H,12-13H2,(H2,22,26). The highest BCUT2D eigenvalue weighted by atomic mass is 16.6. The molecule has 0 fully saturated rings. The van der Waals surface area contributed by atoms with Gasteiger partial charge in [-0.1, -0.05) is 52.8 Å². The highest BCUT2D eigenvalue weighted by molar-refractivity contribution is 5.65. The summed E-state index contributed by atoms with van der Waals surface area (Å²) in [6.07, 6.45) is -0.860. The fourth-order valence-corrected chi connectivity index (χ4v) is 2.74. The van der Waals surface area contributed by atoms with E-state index in [1.54, 1.807) is 6.07 Å². The van der Waals surface area contributed by atoms with Crippen LogP contribution >= 0.6 is 0 Å². The molecule has 2 aromatic heterocycles. The lowest BCUT2D eigenvalue weighted by Crippen LogP contribution is -2.12. The lowest BCUT2D eigenvalue weighted by molar-refractivity contribution is 0.137. The van der Waals surface area contributed by atoms with Gasteiger partial charge in [-0.05, 0) is 12.1 Å². The highest BCUT2D eigenvalue weighted by Crippen LogP contribution is 2.23. The van der Waals surface area contributed by atoms with E-state index in [1.807, 2.05) is 60.7 Å². The van der Waals surface area contributed by atoms with Gasteiger partial charge >= 0.3 is 6.09 Å². The number of nitrogens with two attached hydrogens (primary N) is 1. The maximum Gasteiger partial charge on any atom is 0.404 e. The second kappa shape index (κ2) is 8.30. The Morgan fingerprint density at radius 1 is 0.966 bits per heavy atom. The Kier molecular flexibility index (Phi) is 5.24. The van der Waals surface area contributed by atoms with E-state index in [4.69, 9.17) is 14.8 Å². The van der Waals surface area contributed by atoms with Gasteiger partial charge in [-0.15, -0.1) is 0 Å². The third kappa shape index (κ3) is 4.62. The van der Waals surface area contributed by atoms with Crippen molar-refractivity contribution in [2.24, 2.45) is 5.73 Å². The van der Waals surface area contributed by atoms with Gasteiger partial charge < -0.3 is 24.8 Å². The molecule has 146 valence electrons. The number of nitrogens with one attached hydrogen (secondary N) is 1. The lowest BCUT2D eigenvalue weighted by atomic mass is 10.1. The topological polar surface area (TPSA) is 116 Å². The molecule has 3 N–H and O–H groups in total. The Labute approximate surface area is 166 Å². The number of nitrogens with zero attached hydrogens (tertiary/aromatic N) is 2. The average molecular weight is 390 g/mol. The summed E-state index contributed by atoms with van der Waals surface area (Å²) in [6, 6.07) is 21.1. The second-order valence-corrected chi connectivity index (χ2v) is 6.27. The molecule has 4 aromatic rings. The van der Waals surface area contributed by atoms with Crippen molar-refractivity contribution < 1.29 is 18.6 Å². The molecule has 0 aliphatic rings. The van der Waals surface area contributed by atoms with Gasteiger partial charge in [0.1, 0.15) is 11.4 Å². The van der Waals surface area contributed by atoms with Gasteiger partial charge in [0.15, 0.2) is 18.1 Å². The first-order valence-corrected chi connectivity index (χ1v) is 8.90. The molecule has 0 unspecified atom stereocenters. The minimum atomic E-state index is -0.860. The maximum absolute atomic E-state index is 10.6. The number of aromatic nitrogens is 2. The van der Waals surface area contributed by atoms with Crippen molar-refractivity contribution in [2.45, 2.75) is 13.2 Å². The zero-order valence-corrected chi connectivity index (χ0v) is 15.4. The maximum atomic E-state index is 10.6. The molecule has 0 saturated heterocycles. The van der Waals surface area contributed by atoms with E-state index in [0.717, 1.165) is 28.3 Å². The number of anilines is 1. The number of ether oxygens (including phenoxy) is 1. The normalized spacial score (nSPS) is 10.6. The van der Waals surface area contributed by atoms with Gasteiger partial charge in [-0.3, -0.25) is 0 Å². The first-order valence-electron chi connectivity index (χ1n) is 8.90. The van der Waals surface area contributed by atoms with Crippen molar-refractivity contribution in [2.75, 3.05) is 5.32 Å². The molecule has 0 aliphatic carbocycles. The second-order valence-electron chi connectivity index (χ2n) is 6.27. The molecule has 2 aromatic carbocycles. The molecule has 8 heteroatoms. The van der Waals surface area contributed by atoms with E-state index >= 15 is 0 Å². The van der Waals surface area contributed by atoms with Crippen LogP contribution in [0.2, 0.25) is 0 Å². The third-order valence-corrected chi connectivity index (χ3v) is 4.19. The van der Waals surface area contributed by atoms with E-state index < -0.39 is 6.09 Å². The van der Waals surface area contributed by atoms with Crippen molar-refractivity contribution in [1.29, 1.82) is 0 Å². The summed E-state index contributed by atoms with van der Waals surface area (Å²) >= 11 is 0. The van der Waals surface area contributed by atoms with Gasteiger partial charge in [-0.25, -0.2) is 4.79 Å². The molecule has 0 atom stereocenters. The summed E-state index contributed by atoms with van der Waals surface area (Å²) in [5.74, 6) is 1.15. The molecule has 0 radical (unpaired) electrons. The number of hydrogen-bond donors (Lipinski definition) is 2. The first kappa shape index (κ1) is 18.3. The molecule has 0 bridgehead atoms. The van der Waals surface area contributed by atoms with Crippen LogP contribution in [0.25, 0.3) is 22.6 Å². The largest absolute Gasteiger partial charge is 0.441 e. The fourth-order valence-electron chi connectivity index (χ4n) is 2.74. The Balaban J connectivity index is 1.35. The van der Waals surface area contributed by atoms with Crippen LogP contribution in [0.4, 0.5) is 10.5 Å². The van der Waals surface area contributed by atoms with Gasteiger partial charge in [0.25, 0.3) is 0 Å². The zero-order chi connectivity index (χ0) is 20.1. The molecule has 0 spiro atoms. The van der Waals surface area contributed by atoms with E-state index in [9.17, 15) is 4.79 Å². The summed E-state index contributed by atoms with van der Waals surface area (Å²) in [7, 11) is 0. The number of carbonyl (C=O) groups excluding carboxylic acids is 1. The van der Waals surface area contributed by atoms with Crippen LogP contribution in [0.5, 0.6) is 0 Å². The van der Waals surface area contributed by atoms with Crippen LogP contribution in [0.15, 0.2) is 75.8 Å². The fraction of sp³-hybridized carbons (Fsp3) is 0.0952. The summed E-state index contributed by atoms with van der Waals surface area (Å²) in [4.78, 5) is 10.6. The molecule has 1 amide bonds. The molecule has 0 saturated carbocycles. The summed E-state index contributed by atoms with van der Waals surface area (Å²) in [6.45, 7) is 0.485. The predicted molar refractivity (Wildman–Crippen MR) is 106 cm³/mol. The molecule has 29 heavy (non-hydrogen) atoms. The number of primary amides is 1. The molecular formula is C21H18N4O4. The van der Waals surface area contributed by atoms with E-state index in [-0.39, 0.29) is 6.61 Å². The van der Waals surface area contributed by atoms with Crippen molar-refractivity contribution in [3.8, 4) is 22.6 Å². The van der Waals surface area contributed by atoms with Crippen LogP contribution in [0.3, 0.4) is 0 Å². The monoisotopic (exact) mass is 390 g/mol. The number of amides is 1. The van der Waals surface area contributed by atoms with Crippen LogP contribution < -0.4 is 11.1 Å². The Bertz CT molecular complexity index is 1090. The van der Waals surface area contributed by atoms with Crippen LogP contribution in [-0.4, -0.2) is 16.4 Å². The van der Waals surface area contributed by atoms with E-state index in [0.29, 0.717) is 18.0 Å². The van der Waals surface area contributed by atoms with Gasteiger partial charge in [-0.2, -0.15) is 0 Å². The van der Waals surface area contributed by atoms with Gasteiger partial charge in [0.2, 0.25) is 0 Å². The van der Waals surface area contributed by atoms with Crippen molar-refractivity contribution in [3.05, 3.63) is 78.2 Å². The molecule has 4 rings (SSSR count). The summed E-state index contributed by atoms with van der Waals surface area (Å²) < 4.78 is 15.2. The van der Waals surface area contributed by atoms with E-state index in [1.165, 1.54) is 0 Å². The van der Waals surface area contributed by atoms with Crippen LogP contribution in [0.1, 0.15) is 11.5 Å². The molecule has 8 nitrogen and oxygen atoms in total. The Morgan fingerprint density at radius 2 is 1.76 bits per heavy atom. The Morgan fingerprint density at radius 3 is 2.52 bits per heavy atom. The number of rotatable bonds is 7. The van der Waals surface area contributed by atoms with Crippen LogP contribution in [-0.2, 0) is 17.9 Å². The average Bonchev–Trinajstić information content (AvgIpc) is 3.42. The highest BCUT2D eigenvalue weighted by Gasteiger charge is 2.09. The van der Waals surface area contributed by atoms with Gasteiger partial charge in [0, 0.05) is 28.9 Å². The van der Waals surface area contributed by atoms with Gasteiger partial charge in [0.05, 0.1) is 6.54 Å². The van der Waals surface area contributed by atoms with Crippen molar-refractivity contribution in [3.63, 3.8) is 0 Å². The number of hydrogen-bond acceptors (Lipinski definition) is 7. The minimum Gasteiger partial charge on any atom is -0.441 e. The molecule has 2 heterocycles. The molecular weight excluding hydrogens is 372 g/mol. The summed E-state index contributed by atoms with van der Waals surface area (Å²) in [5.41, 5.74) is 9.18.